The van der Waals surface area contributed by atoms with Crippen LogP contribution in [0, 0.1) is 0 Å². The van der Waals surface area contributed by atoms with E-state index in [-0.39, 0.29) is 5.41 Å². The van der Waals surface area contributed by atoms with E-state index < -0.39 is 0 Å². The van der Waals surface area contributed by atoms with E-state index in [0.717, 1.165) is 28.4 Å². The molecule has 4 bridgehead atoms. The summed E-state index contributed by atoms with van der Waals surface area (Å²) in [4.78, 5) is 2.44. The van der Waals surface area contributed by atoms with Gasteiger partial charge in [-0.15, -0.1) is 11.3 Å². The minimum atomic E-state index is -0.332. The van der Waals surface area contributed by atoms with Gasteiger partial charge < -0.3 is 10.2 Å². The SMILES string of the molecule is CC1(C)c2ccc3cccc(c3c2)-c2cc3ccccc3cc2Nc2ccc(N(c3ccccc3)c3ccc4sc5ccccc5c4c3)c1c2. The molecule has 2 nitrogen and oxygen atoms in total. The topological polar surface area (TPSA) is 15.3 Å². The zero-order valence-electron chi connectivity index (χ0n) is 27.9. The molecule has 0 amide bonds. The summed E-state index contributed by atoms with van der Waals surface area (Å²) in [6, 6.07) is 60.5. The quantitative estimate of drug-likeness (QED) is 0.203. The van der Waals surface area contributed by atoms with Crippen molar-refractivity contribution in [1.82, 2.24) is 0 Å². The molecule has 50 heavy (non-hydrogen) atoms. The summed E-state index contributed by atoms with van der Waals surface area (Å²) in [5.41, 5.74) is 10.3. The molecule has 1 aliphatic heterocycles. The van der Waals surface area contributed by atoms with Gasteiger partial charge in [-0.3, -0.25) is 0 Å². The second-order valence-corrected chi connectivity index (χ2v) is 15.0. The summed E-state index contributed by atoms with van der Waals surface area (Å²) in [6.45, 7) is 4.74. The molecule has 0 aliphatic carbocycles. The summed E-state index contributed by atoms with van der Waals surface area (Å²) in [5, 5.41) is 11.5. The molecule has 0 unspecified atom stereocenters. The Morgan fingerprint density at radius 2 is 1.26 bits per heavy atom. The van der Waals surface area contributed by atoms with Crippen molar-refractivity contribution in [3.05, 3.63) is 175 Å². The summed E-state index contributed by atoms with van der Waals surface area (Å²) in [5.74, 6) is 0. The highest BCUT2D eigenvalue weighted by molar-refractivity contribution is 7.25. The molecule has 1 aliphatic rings. The van der Waals surface area contributed by atoms with Gasteiger partial charge in [-0.05, 0) is 111 Å². The monoisotopic (exact) mass is 658 g/mol. The normalized spacial score (nSPS) is 13.3. The van der Waals surface area contributed by atoms with Crippen LogP contribution in [0.5, 0.6) is 0 Å². The van der Waals surface area contributed by atoms with E-state index in [1.807, 2.05) is 11.3 Å². The largest absolute Gasteiger partial charge is 0.355 e. The number of nitrogens with zero attached hydrogens (tertiary/aromatic N) is 1. The van der Waals surface area contributed by atoms with Gasteiger partial charge in [0.2, 0.25) is 0 Å². The lowest BCUT2D eigenvalue weighted by molar-refractivity contribution is 0.642. The third-order valence-electron chi connectivity index (χ3n) is 10.6. The third kappa shape index (κ3) is 4.54. The van der Waals surface area contributed by atoms with Gasteiger partial charge in [0.25, 0.3) is 0 Å². The van der Waals surface area contributed by atoms with Crippen LogP contribution in [0.3, 0.4) is 0 Å². The lowest BCUT2D eigenvalue weighted by atomic mass is 9.76. The molecule has 238 valence electrons. The van der Waals surface area contributed by atoms with Crippen molar-refractivity contribution in [2.24, 2.45) is 0 Å². The first kappa shape index (κ1) is 29.1. The van der Waals surface area contributed by atoms with Gasteiger partial charge in [0, 0.05) is 53.9 Å². The van der Waals surface area contributed by atoms with Gasteiger partial charge in [0.05, 0.1) is 5.69 Å². The molecule has 0 spiro atoms. The highest BCUT2D eigenvalue weighted by Crippen LogP contribution is 2.48. The van der Waals surface area contributed by atoms with Crippen molar-refractivity contribution in [3.8, 4) is 11.1 Å². The number of hydrogen-bond acceptors (Lipinski definition) is 3. The Hall–Kier alpha value is -5.90. The molecule has 0 atom stereocenters. The summed E-state index contributed by atoms with van der Waals surface area (Å²) in [7, 11) is 0. The van der Waals surface area contributed by atoms with Gasteiger partial charge in [-0.1, -0.05) is 105 Å². The van der Waals surface area contributed by atoms with Crippen LogP contribution in [0.25, 0.3) is 52.8 Å². The van der Waals surface area contributed by atoms with Gasteiger partial charge in [0.1, 0.15) is 0 Å². The maximum Gasteiger partial charge on any atom is 0.0504 e. The highest BCUT2D eigenvalue weighted by Gasteiger charge is 2.31. The minimum Gasteiger partial charge on any atom is -0.355 e. The standard InChI is InChI=1S/C47H34N2S/c1-47(2)33-20-19-30-13-10-17-37(39(30)27-33)40-25-31-11-6-7-12-32(31)26-43(40)48-34-21-23-44(42(47)28-34)49(35-14-4-3-5-15-35)36-22-24-46-41(29-36)38-16-8-9-18-45(38)50-46/h3-29,48H,1-2H3. The number of hydrogen-bond donors (Lipinski definition) is 1. The Morgan fingerprint density at radius 1 is 0.500 bits per heavy atom. The molecular formula is C47H34N2S. The molecule has 1 aromatic heterocycles. The minimum absolute atomic E-state index is 0.332. The molecule has 0 saturated heterocycles. The number of benzene rings is 8. The number of thiophene rings is 1. The van der Waals surface area contributed by atoms with Crippen molar-refractivity contribution in [1.29, 1.82) is 0 Å². The number of rotatable bonds is 3. The van der Waals surface area contributed by atoms with E-state index in [1.165, 1.54) is 64.0 Å². The van der Waals surface area contributed by atoms with Crippen LogP contribution in [0.2, 0.25) is 0 Å². The number of fused-ring (bicyclic) bond motifs is 9. The van der Waals surface area contributed by atoms with Crippen LogP contribution >= 0.6 is 11.3 Å². The van der Waals surface area contributed by atoms with Crippen LogP contribution in [0.4, 0.5) is 28.4 Å². The van der Waals surface area contributed by atoms with E-state index in [4.69, 9.17) is 0 Å². The highest BCUT2D eigenvalue weighted by atomic mass is 32.1. The second-order valence-electron chi connectivity index (χ2n) is 13.9. The predicted octanol–water partition coefficient (Wildman–Crippen LogP) is 13.9. The summed E-state index contributed by atoms with van der Waals surface area (Å²) >= 11 is 1.86. The Labute approximate surface area is 295 Å². The lowest BCUT2D eigenvalue weighted by Crippen LogP contribution is -2.23. The average Bonchev–Trinajstić information content (AvgIpc) is 3.53. The maximum absolute atomic E-state index is 3.91. The second kappa shape index (κ2) is 11.1. The fourth-order valence-corrected chi connectivity index (χ4v) is 9.03. The fourth-order valence-electron chi connectivity index (χ4n) is 7.94. The number of nitrogens with one attached hydrogen (secondary N) is 1. The molecular weight excluding hydrogens is 625 g/mol. The van der Waals surface area contributed by atoms with Gasteiger partial charge in [0.15, 0.2) is 0 Å². The smallest absolute Gasteiger partial charge is 0.0504 e. The Kier molecular flexibility index (Phi) is 6.43. The summed E-state index contributed by atoms with van der Waals surface area (Å²) < 4.78 is 2.62. The van der Waals surface area contributed by atoms with Gasteiger partial charge >= 0.3 is 0 Å². The zero-order chi connectivity index (χ0) is 33.4. The molecule has 10 rings (SSSR count). The number of anilines is 5. The Balaban J connectivity index is 1.25. The van der Waals surface area contributed by atoms with Crippen molar-refractivity contribution in [2.75, 3.05) is 10.2 Å². The molecule has 0 radical (unpaired) electrons. The third-order valence-corrected chi connectivity index (χ3v) is 11.8. The van der Waals surface area contributed by atoms with Crippen LogP contribution in [0.1, 0.15) is 25.0 Å². The van der Waals surface area contributed by atoms with Crippen molar-refractivity contribution >= 4 is 81.5 Å². The van der Waals surface area contributed by atoms with E-state index >= 15 is 0 Å². The van der Waals surface area contributed by atoms with E-state index in [1.54, 1.807) is 0 Å². The summed E-state index contributed by atoms with van der Waals surface area (Å²) in [6.07, 6.45) is 0. The van der Waals surface area contributed by atoms with Crippen molar-refractivity contribution < 1.29 is 0 Å². The van der Waals surface area contributed by atoms with Gasteiger partial charge in [-0.2, -0.15) is 0 Å². The van der Waals surface area contributed by atoms with Crippen molar-refractivity contribution in [2.45, 2.75) is 19.3 Å². The number of para-hydroxylation sites is 1. The lowest BCUT2D eigenvalue weighted by Gasteiger charge is -2.35. The molecule has 9 aromatic rings. The van der Waals surface area contributed by atoms with E-state index in [0.29, 0.717) is 0 Å². The fraction of sp³-hybridized carbons (Fsp3) is 0.0638. The predicted molar refractivity (Wildman–Crippen MR) is 216 cm³/mol. The molecule has 2 heterocycles. The molecule has 3 heteroatoms. The first-order chi connectivity index (χ1) is 24.5. The first-order valence-corrected chi connectivity index (χ1v) is 18.1. The maximum atomic E-state index is 3.91. The molecule has 8 aromatic carbocycles. The molecule has 0 fully saturated rings. The first-order valence-electron chi connectivity index (χ1n) is 17.3. The Bertz CT molecular complexity index is 2770. The van der Waals surface area contributed by atoms with Gasteiger partial charge in [-0.25, -0.2) is 0 Å². The van der Waals surface area contributed by atoms with Crippen LogP contribution in [-0.4, -0.2) is 0 Å². The zero-order valence-corrected chi connectivity index (χ0v) is 28.8. The molecule has 1 N–H and O–H groups in total. The van der Waals surface area contributed by atoms with E-state index in [2.05, 4.69) is 188 Å². The van der Waals surface area contributed by atoms with Crippen molar-refractivity contribution in [3.63, 3.8) is 0 Å². The molecule has 0 saturated carbocycles. The van der Waals surface area contributed by atoms with E-state index in [9.17, 15) is 0 Å². The van der Waals surface area contributed by atoms with Crippen LogP contribution in [-0.2, 0) is 5.41 Å². The Morgan fingerprint density at radius 3 is 2.14 bits per heavy atom. The average molecular weight is 659 g/mol. The van der Waals surface area contributed by atoms with Crippen LogP contribution in [0.15, 0.2) is 164 Å². The van der Waals surface area contributed by atoms with Crippen LogP contribution < -0.4 is 10.2 Å².